The predicted molar refractivity (Wildman–Crippen MR) is 105 cm³/mol. The van der Waals surface area contributed by atoms with E-state index in [1.54, 1.807) is 18.3 Å². The number of pyridine rings is 1. The summed E-state index contributed by atoms with van der Waals surface area (Å²) >= 11 is 0. The van der Waals surface area contributed by atoms with Gasteiger partial charge in [-0.05, 0) is 54.3 Å². The fraction of sp³-hybridized carbons (Fsp3) is 0.368. The smallest absolute Gasteiger partial charge is 0.243 e. The van der Waals surface area contributed by atoms with Crippen LogP contribution in [0.15, 0.2) is 47.5 Å². The molecule has 1 aromatic carbocycles. The minimum atomic E-state index is -3.81. The van der Waals surface area contributed by atoms with E-state index >= 15 is 0 Å². The third-order valence-electron chi connectivity index (χ3n) is 5.01. The maximum absolute atomic E-state index is 14.0. The Balaban J connectivity index is 1.47. The van der Waals surface area contributed by atoms with Crippen LogP contribution in [-0.2, 0) is 16.6 Å². The number of hydrogen-bond acceptors (Lipinski definition) is 7. The molecule has 1 aliphatic heterocycles. The van der Waals surface area contributed by atoms with E-state index in [1.807, 2.05) is 6.07 Å². The van der Waals surface area contributed by atoms with Gasteiger partial charge in [-0.1, -0.05) is 6.07 Å². The summed E-state index contributed by atoms with van der Waals surface area (Å²) in [5, 5.41) is 12.4. The molecular formula is C19H21FN6O3S. The van der Waals surface area contributed by atoms with Gasteiger partial charge in [0.1, 0.15) is 5.69 Å². The summed E-state index contributed by atoms with van der Waals surface area (Å²) in [5.74, 6) is -0.264. The van der Waals surface area contributed by atoms with Gasteiger partial charge in [0.2, 0.25) is 15.8 Å². The molecule has 3 heterocycles. The number of tetrazole rings is 1. The number of aromatic nitrogens is 5. The van der Waals surface area contributed by atoms with Crippen molar-refractivity contribution in [1.82, 2.24) is 29.5 Å². The molecular weight excluding hydrogens is 411 g/mol. The van der Waals surface area contributed by atoms with Crippen LogP contribution in [0.3, 0.4) is 0 Å². The first-order valence-electron chi connectivity index (χ1n) is 9.50. The van der Waals surface area contributed by atoms with E-state index in [0.29, 0.717) is 37.6 Å². The van der Waals surface area contributed by atoms with Crippen LogP contribution in [0.4, 0.5) is 4.39 Å². The highest BCUT2D eigenvalue weighted by atomic mass is 32.2. The van der Waals surface area contributed by atoms with Crippen LogP contribution >= 0.6 is 0 Å². The number of nitrogens with zero attached hydrogens (tertiary/aromatic N) is 6. The van der Waals surface area contributed by atoms with Crippen molar-refractivity contribution in [3.05, 3.63) is 48.4 Å². The van der Waals surface area contributed by atoms with E-state index < -0.39 is 15.8 Å². The summed E-state index contributed by atoms with van der Waals surface area (Å²) in [4.78, 5) is 5.59. The van der Waals surface area contributed by atoms with Crippen LogP contribution in [0.2, 0.25) is 0 Å². The maximum atomic E-state index is 14.0. The van der Waals surface area contributed by atoms with Gasteiger partial charge in [-0.2, -0.15) is 9.10 Å². The Hall–Kier alpha value is -2.92. The monoisotopic (exact) mass is 432 g/mol. The van der Waals surface area contributed by atoms with Crippen LogP contribution in [0, 0.1) is 11.7 Å². The molecule has 9 nitrogen and oxygen atoms in total. The Labute approximate surface area is 173 Å². The number of sulfonamides is 1. The third kappa shape index (κ3) is 4.17. The molecule has 2 aromatic heterocycles. The van der Waals surface area contributed by atoms with Crippen molar-refractivity contribution in [2.75, 3.05) is 20.2 Å². The first kappa shape index (κ1) is 20.4. The molecule has 1 aliphatic rings. The summed E-state index contributed by atoms with van der Waals surface area (Å²) in [7, 11) is -2.48. The molecule has 0 unspecified atom stereocenters. The molecule has 30 heavy (non-hydrogen) atoms. The van der Waals surface area contributed by atoms with Crippen molar-refractivity contribution >= 4 is 10.0 Å². The van der Waals surface area contributed by atoms with Crippen LogP contribution in [0.25, 0.3) is 11.5 Å². The Bertz CT molecular complexity index is 1120. The molecule has 0 radical (unpaired) electrons. The van der Waals surface area contributed by atoms with Crippen molar-refractivity contribution in [3.8, 4) is 17.3 Å². The number of halogens is 1. The zero-order chi connectivity index (χ0) is 21.1. The van der Waals surface area contributed by atoms with E-state index in [1.165, 1.54) is 28.3 Å². The summed E-state index contributed by atoms with van der Waals surface area (Å²) in [5.41, 5.74) is 0.623. The van der Waals surface area contributed by atoms with Gasteiger partial charge in [-0.3, -0.25) is 4.98 Å². The van der Waals surface area contributed by atoms with Crippen molar-refractivity contribution in [2.24, 2.45) is 5.92 Å². The lowest BCUT2D eigenvalue weighted by atomic mass is 10.00. The Morgan fingerprint density at radius 3 is 2.87 bits per heavy atom. The van der Waals surface area contributed by atoms with Crippen LogP contribution in [-0.4, -0.2) is 58.1 Å². The molecule has 4 rings (SSSR count). The number of hydrogen-bond donors (Lipinski definition) is 0. The number of benzene rings is 1. The second-order valence-electron chi connectivity index (χ2n) is 7.05. The van der Waals surface area contributed by atoms with Crippen molar-refractivity contribution in [2.45, 2.75) is 24.3 Å². The van der Waals surface area contributed by atoms with Gasteiger partial charge in [0.25, 0.3) is 0 Å². The van der Waals surface area contributed by atoms with E-state index in [2.05, 4.69) is 20.4 Å². The zero-order valence-electron chi connectivity index (χ0n) is 16.3. The standard InChI is InChI=1S/C19H21FN6O3S/c1-29-18-8-7-15(11-16(18)20)30(27,28)25-10-4-5-14(12-25)13-26-23-19(22-24-26)17-6-2-3-9-21-17/h2-3,6-9,11,14H,4-5,10,12-13H2,1H3/t14-/m1/s1. The highest BCUT2D eigenvalue weighted by Crippen LogP contribution is 2.27. The average molecular weight is 432 g/mol. The lowest BCUT2D eigenvalue weighted by molar-refractivity contribution is 0.231. The maximum Gasteiger partial charge on any atom is 0.243 e. The van der Waals surface area contributed by atoms with Crippen LogP contribution in [0.5, 0.6) is 5.75 Å². The fourth-order valence-corrected chi connectivity index (χ4v) is 5.07. The SMILES string of the molecule is COc1ccc(S(=O)(=O)N2CCC[C@@H](Cn3nnc(-c4ccccn4)n3)C2)cc1F. The molecule has 1 atom stereocenters. The molecule has 0 amide bonds. The normalized spacial score (nSPS) is 17.7. The van der Waals surface area contributed by atoms with Crippen molar-refractivity contribution < 1.29 is 17.5 Å². The largest absolute Gasteiger partial charge is 0.494 e. The third-order valence-corrected chi connectivity index (χ3v) is 6.87. The topological polar surface area (TPSA) is 103 Å². The lowest BCUT2D eigenvalue weighted by Gasteiger charge is -2.31. The van der Waals surface area contributed by atoms with E-state index in [4.69, 9.17) is 4.74 Å². The molecule has 0 N–H and O–H groups in total. The zero-order valence-corrected chi connectivity index (χ0v) is 17.2. The lowest BCUT2D eigenvalue weighted by Crippen LogP contribution is -2.41. The Morgan fingerprint density at radius 1 is 1.27 bits per heavy atom. The fourth-order valence-electron chi connectivity index (χ4n) is 3.50. The molecule has 0 saturated carbocycles. The van der Waals surface area contributed by atoms with Gasteiger partial charge in [0.15, 0.2) is 11.6 Å². The van der Waals surface area contributed by atoms with Crippen molar-refractivity contribution in [1.29, 1.82) is 0 Å². The summed E-state index contributed by atoms with van der Waals surface area (Å²) in [6, 6.07) is 9.12. The highest BCUT2D eigenvalue weighted by molar-refractivity contribution is 7.89. The van der Waals surface area contributed by atoms with Gasteiger partial charge >= 0.3 is 0 Å². The molecule has 0 spiro atoms. The van der Waals surface area contributed by atoms with Gasteiger partial charge in [-0.15, -0.1) is 10.2 Å². The molecule has 0 aliphatic carbocycles. The van der Waals surface area contributed by atoms with Crippen molar-refractivity contribution in [3.63, 3.8) is 0 Å². The van der Waals surface area contributed by atoms with E-state index in [-0.39, 0.29) is 16.6 Å². The average Bonchev–Trinajstić information content (AvgIpc) is 3.23. The molecule has 3 aromatic rings. The van der Waals surface area contributed by atoms with Gasteiger partial charge in [-0.25, -0.2) is 12.8 Å². The second kappa shape index (κ2) is 8.44. The van der Waals surface area contributed by atoms with Gasteiger partial charge in [0.05, 0.1) is 18.6 Å². The number of rotatable bonds is 6. The van der Waals surface area contributed by atoms with Crippen LogP contribution in [0.1, 0.15) is 12.8 Å². The Kier molecular flexibility index (Phi) is 5.73. The number of ether oxygens (including phenoxy) is 1. The molecule has 11 heteroatoms. The predicted octanol–water partition coefficient (Wildman–Crippen LogP) is 1.98. The van der Waals surface area contributed by atoms with E-state index in [9.17, 15) is 12.8 Å². The quantitative estimate of drug-likeness (QED) is 0.587. The summed E-state index contributed by atoms with van der Waals surface area (Å²) in [6.07, 6.45) is 3.19. The molecule has 0 bridgehead atoms. The van der Waals surface area contributed by atoms with Gasteiger partial charge < -0.3 is 4.74 Å². The van der Waals surface area contributed by atoms with Gasteiger partial charge in [0, 0.05) is 19.3 Å². The first-order chi connectivity index (χ1) is 14.5. The van der Waals surface area contributed by atoms with Crippen LogP contribution < -0.4 is 4.74 Å². The highest BCUT2D eigenvalue weighted by Gasteiger charge is 2.31. The molecule has 1 saturated heterocycles. The molecule has 1 fully saturated rings. The number of methoxy groups -OCH3 is 1. The summed E-state index contributed by atoms with van der Waals surface area (Å²) < 4.78 is 46.2. The molecule has 158 valence electrons. The number of piperidine rings is 1. The first-order valence-corrected chi connectivity index (χ1v) is 10.9. The Morgan fingerprint density at radius 2 is 2.13 bits per heavy atom. The minimum absolute atomic E-state index is 0.00596. The van der Waals surface area contributed by atoms with E-state index in [0.717, 1.165) is 12.5 Å². The minimum Gasteiger partial charge on any atom is -0.494 e. The second-order valence-corrected chi connectivity index (χ2v) is 8.99. The summed E-state index contributed by atoms with van der Waals surface area (Å²) in [6.45, 7) is 1.12.